The Labute approximate surface area is 163 Å². The number of hydrogen-bond donors (Lipinski definition) is 2. The number of carbonyl (C=O) groups excluding carboxylic acids is 2. The Kier molecular flexibility index (Phi) is 6.84. The van der Waals surface area contributed by atoms with Gasteiger partial charge in [0.1, 0.15) is 5.75 Å². The van der Waals surface area contributed by atoms with Crippen LogP contribution in [0.2, 0.25) is 0 Å². The van der Waals surface area contributed by atoms with Gasteiger partial charge < -0.3 is 10.1 Å². The summed E-state index contributed by atoms with van der Waals surface area (Å²) >= 11 is 1.66. The Morgan fingerprint density at radius 3 is 2.63 bits per heavy atom. The zero-order valence-corrected chi connectivity index (χ0v) is 16.3. The Morgan fingerprint density at radius 1 is 1.22 bits per heavy atom. The normalized spacial score (nSPS) is 13.4. The van der Waals surface area contributed by atoms with E-state index in [0.717, 1.165) is 30.6 Å². The lowest BCUT2D eigenvalue weighted by atomic mass is 10.2. The Bertz CT molecular complexity index is 742. The van der Waals surface area contributed by atoms with Crippen molar-refractivity contribution < 1.29 is 14.3 Å². The van der Waals surface area contributed by atoms with Crippen LogP contribution >= 0.6 is 11.3 Å². The van der Waals surface area contributed by atoms with Gasteiger partial charge in [0.2, 0.25) is 5.91 Å². The van der Waals surface area contributed by atoms with Crippen LogP contribution < -0.4 is 15.4 Å². The highest BCUT2D eigenvalue weighted by atomic mass is 32.1. The van der Waals surface area contributed by atoms with Gasteiger partial charge in [0.05, 0.1) is 13.7 Å². The molecule has 1 aromatic carbocycles. The number of methoxy groups -OCH3 is 1. The van der Waals surface area contributed by atoms with Gasteiger partial charge >= 0.3 is 6.03 Å². The lowest BCUT2D eigenvalue weighted by Crippen LogP contribution is -2.45. The summed E-state index contributed by atoms with van der Waals surface area (Å²) in [5.41, 5.74) is 1.12. The third kappa shape index (κ3) is 6.37. The molecule has 1 aliphatic rings. The summed E-state index contributed by atoms with van der Waals surface area (Å²) in [5, 5.41) is 7.17. The largest absolute Gasteiger partial charge is 0.497 e. The van der Waals surface area contributed by atoms with E-state index in [0.29, 0.717) is 19.1 Å². The average Bonchev–Trinajstić information content (AvgIpc) is 3.38. The van der Waals surface area contributed by atoms with Crippen LogP contribution in [0.3, 0.4) is 0 Å². The summed E-state index contributed by atoms with van der Waals surface area (Å²) in [7, 11) is 1.64. The molecule has 27 heavy (non-hydrogen) atoms. The monoisotopic (exact) mass is 387 g/mol. The number of benzene rings is 1. The molecule has 2 N–H and O–H groups in total. The van der Waals surface area contributed by atoms with E-state index in [2.05, 4.69) is 15.5 Å². The summed E-state index contributed by atoms with van der Waals surface area (Å²) in [6.45, 7) is 1.41. The van der Waals surface area contributed by atoms with Gasteiger partial charge in [-0.15, -0.1) is 11.3 Å². The third-order valence-corrected chi connectivity index (χ3v) is 5.38. The summed E-state index contributed by atoms with van der Waals surface area (Å²) in [6, 6.07) is 11.8. The number of amides is 3. The zero-order chi connectivity index (χ0) is 19.1. The molecule has 2 aromatic rings. The fraction of sp³-hybridized carbons (Fsp3) is 0.400. The number of nitrogens with one attached hydrogen (secondary N) is 2. The van der Waals surface area contributed by atoms with Crippen molar-refractivity contribution in [2.75, 3.05) is 20.2 Å². The van der Waals surface area contributed by atoms with E-state index < -0.39 is 6.03 Å². The van der Waals surface area contributed by atoms with Crippen molar-refractivity contribution in [3.63, 3.8) is 0 Å². The van der Waals surface area contributed by atoms with Crippen LogP contribution in [0.25, 0.3) is 0 Å². The van der Waals surface area contributed by atoms with Crippen LogP contribution in [0.5, 0.6) is 5.75 Å². The zero-order valence-electron chi connectivity index (χ0n) is 15.4. The highest BCUT2D eigenvalue weighted by Gasteiger charge is 2.30. The van der Waals surface area contributed by atoms with E-state index in [1.807, 2.05) is 41.8 Å². The van der Waals surface area contributed by atoms with Crippen LogP contribution in [-0.4, -0.2) is 43.1 Å². The molecular formula is C20H25N3O3S. The molecule has 0 atom stereocenters. The maximum Gasteiger partial charge on any atom is 0.321 e. The SMILES string of the molecule is COc1ccc(CN(CC(=O)NC(=O)NCCc2cccs2)C2CC2)cc1. The smallest absolute Gasteiger partial charge is 0.321 e. The molecule has 3 rings (SSSR count). The van der Waals surface area contributed by atoms with Crippen molar-refractivity contribution in [3.05, 3.63) is 52.2 Å². The first kappa shape index (κ1) is 19.4. The van der Waals surface area contributed by atoms with Crippen molar-refractivity contribution >= 4 is 23.3 Å². The molecule has 3 amide bonds. The van der Waals surface area contributed by atoms with Gasteiger partial charge in [-0.1, -0.05) is 18.2 Å². The number of rotatable bonds is 9. The number of carbonyl (C=O) groups is 2. The second-order valence-electron chi connectivity index (χ2n) is 6.62. The molecule has 0 bridgehead atoms. The fourth-order valence-electron chi connectivity index (χ4n) is 2.87. The first-order valence-electron chi connectivity index (χ1n) is 9.11. The van der Waals surface area contributed by atoms with Crippen molar-refractivity contribution in [2.45, 2.75) is 31.8 Å². The molecule has 1 saturated carbocycles. The van der Waals surface area contributed by atoms with Crippen LogP contribution in [0.15, 0.2) is 41.8 Å². The van der Waals surface area contributed by atoms with Crippen LogP contribution in [0.1, 0.15) is 23.3 Å². The van der Waals surface area contributed by atoms with E-state index in [1.54, 1.807) is 18.4 Å². The quantitative estimate of drug-likeness (QED) is 0.694. The van der Waals surface area contributed by atoms with Gasteiger partial charge in [0.25, 0.3) is 0 Å². The minimum atomic E-state index is -0.434. The first-order valence-corrected chi connectivity index (χ1v) is 9.99. The summed E-state index contributed by atoms with van der Waals surface area (Å²) in [4.78, 5) is 27.5. The van der Waals surface area contributed by atoms with E-state index in [9.17, 15) is 9.59 Å². The highest BCUT2D eigenvalue weighted by molar-refractivity contribution is 7.09. The van der Waals surface area contributed by atoms with Gasteiger partial charge in [-0.05, 0) is 48.4 Å². The van der Waals surface area contributed by atoms with Gasteiger partial charge in [0, 0.05) is 24.0 Å². The third-order valence-electron chi connectivity index (χ3n) is 4.44. The Morgan fingerprint density at radius 2 is 2.00 bits per heavy atom. The van der Waals surface area contributed by atoms with Crippen LogP contribution in [0, 0.1) is 0 Å². The number of hydrogen-bond acceptors (Lipinski definition) is 5. The van der Waals surface area contributed by atoms with E-state index >= 15 is 0 Å². The number of thiophene rings is 1. The Balaban J connectivity index is 1.43. The maximum atomic E-state index is 12.2. The second kappa shape index (κ2) is 9.53. The van der Waals surface area contributed by atoms with E-state index in [-0.39, 0.29) is 12.5 Å². The standard InChI is InChI=1S/C20H25N3O3S/c1-26-17-8-4-15(5-9-17)13-23(16-6-7-16)14-19(24)22-20(25)21-11-10-18-3-2-12-27-18/h2-5,8-9,12,16H,6-7,10-11,13-14H2,1H3,(H2,21,22,24,25). The molecule has 0 radical (unpaired) electrons. The van der Waals surface area contributed by atoms with E-state index in [1.165, 1.54) is 4.88 Å². The predicted molar refractivity (Wildman–Crippen MR) is 106 cm³/mol. The van der Waals surface area contributed by atoms with Gasteiger partial charge in [-0.2, -0.15) is 0 Å². The minimum absolute atomic E-state index is 0.217. The van der Waals surface area contributed by atoms with Crippen LogP contribution in [-0.2, 0) is 17.8 Å². The van der Waals surface area contributed by atoms with Gasteiger partial charge in [-0.3, -0.25) is 15.0 Å². The van der Waals surface area contributed by atoms with Crippen molar-refractivity contribution in [1.82, 2.24) is 15.5 Å². The molecule has 144 valence electrons. The van der Waals surface area contributed by atoms with E-state index in [4.69, 9.17) is 4.74 Å². The Hall–Kier alpha value is -2.38. The van der Waals surface area contributed by atoms with Gasteiger partial charge in [0.15, 0.2) is 0 Å². The molecule has 0 spiro atoms. The molecule has 1 aliphatic carbocycles. The van der Waals surface area contributed by atoms with Crippen LogP contribution in [0.4, 0.5) is 4.79 Å². The second-order valence-corrected chi connectivity index (χ2v) is 7.65. The van der Waals surface area contributed by atoms with Crippen molar-refractivity contribution in [2.24, 2.45) is 0 Å². The molecule has 0 saturated heterocycles. The number of ether oxygens (including phenoxy) is 1. The molecular weight excluding hydrogens is 362 g/mol. The molecule has 1 fully saturated rings. The average molecular weight is 388 g/mol. The fourth-order valence-corrected chi connectivity index (χ4v) is 3.58. The molecule has 0 unspecified atom stereocenters. The number of nitrogens with zero attached hydrogens (tertiary/aromatic N) is 1. The maximum absolute atomic E-state index is 12.2. The lowest BCUT2D eigenvalue weighted by Gasteiger charge is -2.21. The van der Waals surface area contributed by atoms with Crippen molar-refractivity contribution in [3.8, 4) is 5.75 Å². The molecule has 1 aromatic heterocycles. The number of imide groups is 1. The van der Waals surface area contributed by atoms with Gasteiger partial charge in [-0.25, -0.2) is 4.79 Å². The summed E-state index contributed by atoms with van der Waals surface area (Å²) < 4.78 is 5.18. The van der Waals surface area contributed by atoms with Crippen molar-refractivity contribution in [1.29, 1.82) is 0 Å². The molecule has 0 aliphatic heterocycles. The summed E-state index contributed by atoms with van der Waals surface area (Å²) in [5.74, 6) is 0.540. The predicted octanol–water partition coefficient (Wildman–Crippen LogP) is 2.79. The topological polar surface area (TPSA) is 70.7 Å². The molecule has 1 heterocycles. The summed E-state index contributed by atoms with van der Waals surface area (Å²) in [6.07, 6.45) is 2.96. The lowest BCUT2D eigenvalue weighted by molar-refractivity contribution is -0.121. The number of urea groups is 1. The minimum Gasteiger partial charge on any atom is -0.497 e. The molecule has 6 nitrogen and oxygen atoms in total. The highest BCUT2D eigenvalue weighted by Crippen LogP contribution is 2.28. The molecule has 7 heteroatoms. The first-order chi connectivity index (χ1) is 13.1.